The maximum Gasteiger partial charge on any atom is 0.0470 e. The number of carboxylic acids is 2. The van der Waals surface area contributed by atoms with Crippen LogP contribution in [0.3, 0.4) is 0 Å². The number of aliphatic carboxylic acids is 2. The molecule has 186 valence electrons. The molecule has 0 amide bonds. The minimum absolute atomic E-state index is 0.142. The molecule has 0 saturated heterocycles. The molecule has 0 N–H and O–H groups in total. The Morgan fingerprint density at radius 2 is 1.12 bits per heavy atom. The van der Waals surface area contributed by atoms with Crippen LogP contribution in [-0.4, -0.2) is 11.9 Å². The van der Waals surface area contributed by atoms with Crippen molar-refractivity contribution in [3.05, 3.63) is 71.8 Å². The van der Waals surface area contributed by atoms with Crippen molar-refractivity contribution in [2.45, 2.75) is 96.3 Å². The number of hydrogen-bond donors (Lipinski definition) is 0. The molecule has 0 saturated carbocycles. The standard InChI is InChI=1S/C30H42O4/c1-30(2,29(33)34)23-15-7-13-21-27(25-18-10-6-11-19-25)26(24-16-8-5-9-17-24)20-12-3-4-14-22-28(31)32/h5-6,8-11,16-19,26-27H,3-4,7,12-15,20-23H2,1-2H3,(H,31,32)(H,33,34)/p-2. The van der Waals surface area contributed by atoms with Crippen molar-refractivity contribution < 1.29 is 19.8 Å². The van der Waals surface area contributed by atoms with Crippen molar-refractivity contribution in [3.63, 3.8) is 0 Å². The molecule has 0 aliphatic rings. The molecule has 4 nitrogen and oxygen atoms in total. The summed E-state index contributed by atoms with van der Waals surface area (Å²) in [5.41, 5.74) is 1.93. The van der Waals surface area contributed by atoms with Crippen LogP contribution in [0.25, 0.3) is 0 Å². The van der Waals surface area contributed by atoms with Gasteiger partial charge in [0.25, 0.3) is 0 Å². The topological polar surface area (TPSA) is 80.3 Å². The molecule has 0 heterocycles. The highest BCUT2D eigenvalue weighted by Gasteiger charge is 2.24. The van der Waals surface area contributed by atoms with Gasteiger partial charge in [-0.25, -0.2) is 0 Å². The third-order valence-corrected chi connectivity index (χ3v) is 6.96. The predicted octanol–water partition coefficient (Wildman–Crippen LogP) is 5.37. The van der Waals surface area contributed by atoms with Gasteiger partial charge in [-0.2, -0.15) is 0 Å². The van der Waals surface area contributed by atoms with Gasteiger partial charge in [-0.3, -0.25) is 0 Å². The SMILES string of the molecule is CC(C)(CCCCCC(c1ccccc1)C(CCCCCCC(=O)[O-])c1ccccc1)C(=O)[O-]. The van der Waals surface area contributed by atoms with Crippen LogP contribution in [0.4, 0.5) is 0 Å². The van der Waals surface area contributed by atoms with E-state index in [0.717, 1.165) is 51.4 Å². The molecule has 2 rings (SSSR count). The van der Waals surface area contributed by atoms with Gasteiger partial charge < -0.3 is 19.8 Å². The van der Waals surface area contributed by atoms with Crippen LogP contribution in [0, 0.1) is 5.41 Å². The lowest BCUT2D eigenvalue weighted by molar-refractivity contribution is -0.318. The van der Waals surface area contributed by atoms with Crippen LogP contribution in [0.5, 0.6) is 0 Å². The fourth-order valence-corrected chi connectivity index (χ4v) is 4.80. The van der Waals surface area contributed by atoms with E-state index in [-0.39, 0.29) is 6.42 Å². The molecule has 0 fully saturated rings. The summed E-state index contributed by atoms with van der Waals surface area (Å²) >= 11 is 0. The zero-order valence-electron chi connectivity index (χ0n) is 20.8. The molecule has 0 aliphatic heterocycles. The second-order valence-corrected chi connectivity index (χ2v) is 10.1. The van der Waals surface area contributed by atoms with Gasteiger partial charge in [-0.1, -0.05) is 113 Å². The molecule has 4 heteroatoms. The smallest absolute Gasteiger partial charge is 0.0470 e. The van der Waals surface area contributed by atoms with Crippen molar-refractivity contribution in [1.82, 2.24) is 0 Å². The maximum atomic E-state index is 11.3. The molecule has 2 unspecified atom stereocenters. The Labute approximate surface area is 205 Å². The minimum Gasteiger partial charge on any atom is -0.550 e. The summed E-state index contributed by atoms with van der Waals surface area (Å²) in [5.74, 6) is -1.15. The fraction of sp³-hybridized carbons (Fsp3) is 0.533. The Bertz CT molecular complexity index is 845. The summed E-state index contributed by atoms with van der Waals surface area (Å²) in [7, 11) is 0. The molecule has 0 radical (unpaired) electrons. The van der Waals surface area contributed by atoms with Gasteiger partial charge in [0, 0.05) is 17.4 Å². The molecule has 2 aromatic rings. The Hall–Kier alpha value is -2.62. The number of unbranched alkanes of at least 4 members (excludes halogenated alkanes) is 5. The van der Waals surface area contributed by atoms with E-state index in [2.05, 4.69) is 60.7 Å². The van der Waals surface area contributed by atoms with Crippen LogP contribution >= 0.6 is 0 Å². The normalized spacial score (nSPS) is 13.4. The van der Waals surface area contributed by atoms with E-state index in [1.165, 1.54) is 11.1 Å². The minimum atomic E-state index is -0.974. The van der Waals surface area contributed by atoms with Crippen LogP contribution in [-0.2, 0) is 9.59 Å². The third kappa shape index (κ3) is 9.70. The first-order chi connectivity index (χ1) is 16.3. The monoisotopic (exact) mass is 464 g/mol. The number of carboxylic acid groups (broad SMARTS) is 2. The Balaban J connectivity index is 2.05. The number of carbonyl (C=O) groups excluding carboxylic acids is 2. The maximum absolute atomic E-state index is 11.3. The van der Waals surface area contributed by atoms with Crippen LogP contribution in [0.2, 0.25) is 0 Å². The Kier molecular flexibility index (Phi) is 11.9. The second kappa shape index (κ2) is 14.6. The average molecular weight is 465 g/mol. The van der Waals surface area contributed by atoms with E-state index >= 15 is 0 Å². The molecule has 2 aromatic carbocycles. The van der Waals surface area contributed by atoms with Crippen molar-refractivity contribution in [2.75, 3.05) is 0 Å². The largest absolute Gasteiger partial charge is 0.550 e. The van der Waals surface area contributed by atoms with Gasteiger partial charge in [0.15, 0.2) is 0 Å². The lowest BCUT2D eigenvalue weighted by Gasteiger charge is -2.29. The number of benzene rings is 2. The van der Waals surface area contributed by atoms with Crippen molar-refractivity contribution >= 4 is 11.9 Å². The van der Waals surface area contributed by atoms with Gasteiger partial charge in [0.05, 0.1) is 0 Å². The Morgan fingerprint density at radius 3 is 1.56 bits per heavy atom. The first kappa shape index (κ1) is 27.6. The molecule has 34 heavy (non-hydrogen) atoms. The van der Waals surface area contributed by atoms with Crippen LogP contribution in [0.15, 0.2) is 60.7 Å². The number of rotatable bonds is 17. The van der Waals surface area contributed by atoms with Crippen molar-refractivity contribution in [1.29, 1.82) is 0 Å². The summed E-state index contributed by atoms with van der Waals surface area (Å²) in [4.78, 5) is 21.9. The summed E-state index contributed by atoms with van der Waals surface area (Å²) in [6.07, 6.45) is 9.53. The molecule has 2 atom stereocenters. The van der Waals surface area contributed by atoms with Gasteiger partial charge in [0.2, 0.25) is 0 Å². The van der Waals surface area contributed by atoms with Gasteiger partial charge in [-0.15, -0.1) is 0 Å². The molecule has 0 aliphatic carbocycles. The summed E-state index contributed by atoms with van der Waals surface area (Å²) in [5, 5.41) is 21.9. The lowest BCUT2D eigenvalue weighted by atomic mass is 9.75. The molecule has 0 spiro atoms. The highest BCUT2D eigenvalue weighted by Crippen LogP contribution is 2.40. The van der Waals surface area contributed by atoms with Crippen molar-refractivity contribution in [3.8, 4) is 0 Å². The van der Waals surface area contributed by atoms with E-state index in [4.69, 9.17) is 0 Å². The quantitative estimate of drug-likeness (QED) is 0.295. The zero-order valence-corrected chi connectivity index (χ0v) is 20.8. The fourth-order valence-electron chi connectivity index (χ4n) is 4.80. The van der Waals surface area contributed by atoms with Crippen LogP contribution < -0.4 is 10.2 Å². The van der Waals surface area contributed by atoms with Gasteiger partial charge in [0.1, 0.15) is 0 Å². The van der Waals surface area contributed by atoms with Crippen molar-refractivity contribution in [2.24, 2.45) is 5.41 Å². The first-order valence-corrected chi connectivity index (χ1v) is 12.8. The summed E-state index contributed by atoms with van der Waals surface area (Å²) < 4.78 is 0. The average Bonchev–Trinajstić information content (AvgIpc) is 2.82. The van der Waals surface area contributed by atoms with E-state index in [1.54, 1.807) is 13.8 Å². The predicted molar refractivity (Wildman–Crippen MR) is 133 cm³/mol. The van der Waals surface area contributed by atoms with E-state index < -0.39 is 17.4 Å². The second-order valence-electron chi connectivity index (χ2n) is 10.1. The highest BCUT2D eigenvalue weighted by atomic mass is 16.4. The number of carbonyl (C=O) groups is 2. The van der Waals surface area contributed by atoms with E-state index in [0.29, 0.717) is 24.7 Å². The first-order valence-electron chi connectivity index (χ1n) is 12.8. The molecular formula is C30H40O4-2. The zero-order chi connectivity index (χ0) is 24.8. The van der Waals surface area contributed by atoms with E-state index in [9.17, 15) is 19.8 Å². The van der Waals surface area contributed by atoms with Gasteiger partial charge >= 0.3 is 0 Å². The lowest BCUT2D eigenvalue weighted by Crippen LogP contribution is -2.37. The summed E-state index contributed by atoms with van der Waals surface area (Å²) in [6, 6.07) is 21.4. The Morgan fingerprint density at radius 1 is 0.676 bits per heavy atom. The molecular weight excluding hydrogens is 424 g/mol. The van der Waals surface area contributed by atoms with Crippen LogP contribution in [0.1, 0.15) is 107 Å². The highest BCUT2D eigenvalue weighted by molar-refractivity contribution is 5.71. The molecule has 0 aromatic heterocycles. The van der Waals surface area contributed by atoms with E-state index in [1.807, 2.05) is 0 Å². The third-order valence-electron chi connectivity index (χ3n) is 6.96. The molecule has 0 bridgehead atoms. The van der Waals surface area contributed by atoms with Gasteiger partial charge in [-0.05, 0) is 55.1 Å². The number of hydrogen-bond acceptors (Lipinski definition) is 4. The summed E-state index contributed by atoms with van der Waals surface area (Å²) in [6.45, 7) is 3.49.